The highest BCUT2D eigenvalue weighted by atomic mass is 16.5. The standard InChI is InChI=1S/C28H29N3O4/c1-17-6-5-7-20(14-17)27(32)31-25-21-15-18(2)8-10-22(21)30-26(25)28(33)29-13-12-19-9-11-23(34-3)24(16-19)35-4/h5-11,14-16,30H,12-13H2,1-4H3,(H,29,33)(H,31,32). The Kier molecular flexibility index (Phi) is 7.06. The quantitative estimate of drug-likeness (QED) is 0.336. The lowest BCUT2D eigenvalue weighted by Gasteiger charge is -2.11. The van der Waals surface area contributed by atoms with Crippen molar-refractivity contribution in [2.75, 3.05) is 26.1 Å². The lowest BCUT2D eigenvalue weighted by atomic mass is 10.1. The lowest BCUT2D eigenvalue weighted by molar-refractivity contribution is 0.0951. The van der Waals surface area contributed by atoms with E-state index in [9.17, 15) is 9.59 Å². The van der Waals surface area contributed by atoms with Gasteiger partial charge in [0.05, 0.1) is 19.9 Å². The summed E-state index contributed by atoms with van der Waals surface area (Å²) in [5, 5.41) is 6.71. The van der Waals surface area contributed by atoms with E-state index in [-0.39, 0.29) is 11.8 Å². The summed E-state index contributed by atoms with van der Waals surface area (Å²) in [5.74, 6) is 0.737. The highest BCUT2D eigenvalue weighted by Crippen LogP contribution is 2.30. The Morgan fingerprint density at radius 1 is 0.857 bits per heavy atom. The molecule has 0 radical (unpaired) electrons. The Hall–Kier alpha value is -4.26. The Bertz CT molecular complexity index is 1390. The second kappa shape index (κ2) is 10.3. The van der Waals surface area contributed by atoms with Gasteiger partial charge in [-0.2, -0.15) is 0 Å². The summed E-state index contributed by atoms with van der Waals surface area (Å²) in [7, 11) is 3.18. The van der Waals surface area contributed by atoms with Crippen LogP contribution in [0.3, 0.4) is 0 Å². The molecule has 4 rings (SSSR count). The molecule has 1 heterocycles. The number of aryl methyl sites for hydroxylation is 2. The van der Waals surface area contributed by atoms with E-state index in [0.717, 1.165) is 27.6 Å². The Balaban J connectivity index is 1.55. The fourth-order valence-electron chi connectivity index (χ4n) is 4.02. The number of anilines is 1. The average Bonchev–Trinajstić information content (AvgIpc) is 3.21. The molecular formula is C28H29N3O4. The largest absolute Gasteiger partial charge is 0.493 e. The number of fused-ring (bicyclic) bond motifs is 1. The van der Waals surface area contributed by atoms with Crippen molar-refractivity contribution in [2.45, 2.75) is 20.3 Å². The van der Waals surface area contributed by atoms with Crippen LogP contribution in [0.4, 0.5) is 5.69 Å². The molecule has 0 aliphatic rings. The van der Waals surface area contributed by atoms with E-state index in [1.807, 2.05) is 68.4 Å². The predicted octanol–water partition coefficient (Wildman–Crippen LogP) is 5.03. The van der Waals surface area contributed by atoms with Gasteiger partial charge in [0.2, 0.25) is 0 Å². The van der Waals surface area contributed by atoms with E-state index < -0.39 is 0 Å². The molecule has 0 saturated carbocycles. The van der Waals surface area contributed by atoms with Gasteiger partial charge >= 0.3 is 0 Å². The molecule has 4 aromatic rings. The number of aromatic amines is 1. The van der Waals surface area contributed by atoms with Crippen molar-refractivity contribution >= 4 is 28.4 Å². The summed E-state index contributed by atoms with van der Waals surface area (Å²) in [6.07, 6.45) is 0.608. The number of nitrogens with one attached hydrogen (secondary N) is 3. The number of hydrogen-bond acceptors (Lipinski definition) is 4. The van der Waals surface area contributed by atoms with Gasteiger partial charge in [0.25, 0.3) is 11.8 Å². The van der Waals surface area contributed by atoms with Crippen LogP contribution in [-0.2, 0) is 6.42 Å². The topological polar surface area (TPSA) is 92.5 Å². The molecule has 0 saturated heterocycles. The number of H-pyrrole nitrogens is 1. The van der Waals surface area contributed by atoms with Gasteiger partial charge in [0.15, 0.2) is 11.5 Å². The first-order valence-electron chi connectivity index (χ1n) is 11.4. The zero-order valence-electron chi connectivity index (χ0n) is 20.3. The molecule has 35 heavy (non-hydrogen) atoms. The molecule has 3 N–H and O–H groups in total. The molecular weight excluding hydrogens is 442 g/mol. The monoisotopic (exact) mass is 471 g/mol. The SMILES string of the molecule is COc1ccc(CCNC(=O)c2[nH]c3ccc(C)cc3c2NC(=O)c2cccc(C)c2)cc1OC. The van der Waals surface area contributed by atoms with Crippen LogP contribution in [0.5, 0.6) is 11.5 Å². The molecule has 0 aliphatic carbocycles. The van der Waals surface area contributed by atoms with Crippen LogP contribution in [0.15, 0.2) is 60.7 Å². The molecule has 2 amide bonds. The van der Waals surface area contributed by atoms with E-state index in [1.54, 1.807) is 20.3 Å². The van der Waals surface area contributed by atoms with Crippen LogP contribution in [0.1, 0.15) is 37.5 Å². The lowest BCUT2D eigenvalue weighted by Crippen LogP contribution is -2.27. The average molecular weight is 472 g/mol. The van der Waals surface area contributed by atoms with Gasteiger partial charge in [-0.05, 0) is 62.2 Å². The first kappa shape index (κ1) is 23.9. The van der Waals surface area contributed by atoms with Crippen molar-refractivity contribution in [3.63, 3.8) is 0 Å². The molecule has 7 heteroatoms. The number of carbonyl (C=O) groups excluding carboxylic acids is 2. The number of aromatic nitrogens is 1. The number of rotatable bonds is 8. The van der Waals surface area contributed by atoms with E-state index >= 15 is 0 Å². The molecule has 7 nitrogen and oxygen atoms in total. The van der Waals surface area contributed by atoms with Crippen LogP contribution < -0.4 is 20.1 Å². The second-order valence-corrected chi connectivity index (χ2v) is 8.44. The van der Waals surface area contributed by atoms with Gasteiger partial charge in [0, 0.05) is 23.0 Å². The van der Waals surface area contributed by atoms with E-state index in [2.05, 4.69) is 15.6 Å². The summed E-state index contributed by atoms with van der Waals surface area (Å²) < 4.78 is 10.6. The third-order valence-electron chi connectivity index (χ3n) is 5.85. The van der Waals surface area contributed by atoms with Gasteiger partial charge in [0.1, 0.15) is 5.69 Å². The maximum atomic E-state index is 13.2. The first-order valence-corrected chi connectivity index (χ1v) is 11.4. The maximum Gasteiger partial charge on any atom is 0.269 e. The molecule has 0 spiro atoms. The second-order valence-electron chi connectivity index (χ2n) is 8.44. The number of benzene rings is 3. The molecule has 0 aliphatic heterocycles. The molecule has 0 bridgehead atoms. The van der Waals surface area contributed by atoms with E-state index in [1.165, 1.54) is 0 Å². The predicted molar refractivity (Wildman–Crippen MR) is 138 cm³/mol. The third-order valence-corrected chi connectivity index (χ3v) is 5.85. The number of methoxy groups -OCH3 is 2. The normalized spacial score (nSPS) is 10.7. The zero-order valence-corrected chi connectivity index (χ0v) is 20.3. The smallest absolute Gasteiger partial charge is 0.269 e. The Labute approximate surface area is 204 Å². The molecule has 0 fully saturated rings. The first-order chi connectivity index (χ1) is 16.9. The zero-order chi connectivity index (χ0) is 24.9. The van der Waals surface area contributed by atoms with Crippen LogP contribution >= 0.6 is 0 Å². The summed E-state index contributed by atoms with van der Waals surface area (Å²) in [5.41, 5.74) is 5.12. The van der Waals surface area contributed by atoms with Gasteiger partial charge in [-0.25, -0.2) is 0 Å². The molecule has 1 aromatic heterocycles. The number of ether oxygens (including phenoxy) is 2. The summed E-state index contributed by atoms with van der Waals surface area (Å²) >= 11 is 0. The number of carbonyl (C=O) groups is 2. The Morgan fingerprint density at radius 3 is 2.37 bits per heavy atom. The fourth-order valence-corrected chi connectivity index (χ4v) is 4.02. The summed E-state index contributed by atoms with van der Waals surface area (Å²) in [6.45, 7) is 4.32. The van der Waals surface area contributed by atoms with Crippen LogP contribution in [-0.4, -0.2) is 37.6 Å². The van der Waals surface area contributed by atoms with Crippen molar-refractivity contribution in [3.05, 3.63) is 88.6 Å². The van der Waals surface area contributed by atoms with Crippen LogP contribution in [0.2, 0.25) is 0 Å². The highest BCUT2D eigenvalue weighted by Gasteiger charge is 2.20. The van der Waals surface area contributed by atoms with E-state index in [0.29, 0.717) is 41.4 Å². The number of amides is 2. The fraction of sp³-hybridized carbons (Fsp3) is 0.214. The van der Waals surface area contributed by atoms with E-state index in [4.69, 9.17) is 9.47 Å². The Morgan fingerprint density at radius 2 is 1.63 bits per heavy atom. The molecule has 180 valence electrons. The minimum absolute atomic E-state index is 0.268. The minimum Gasteiger partial charge on any atom is -0.493 e. The molecule has 0 atom stereocenters. The van der Waals surface area contributed by atoms with Crippen LogP contribution in [0.25, 0.3) is 10.9 Å². The summed E-state index contributed by atoms with van der Waals surface area (Å²) in [6, 6.07) is 18.8. The van der Waals surface area contributed by atoms with Crippen molar-refractivity contribution < 1.29 is 19.1 Å². The molecule has 3 aromatic carbocycles. The summed E-state index contributed by atoms with van der Waals surface area (Å²) in [4.78, 5) is 29.3. The maximum absolute atomic E-state index is 13.2. The van der Waals surface area contributed by atoms with Crippen molar-refractivity contribution in [3.8, 4) is 11.5 Å². The van der Waals surface area contributed by atoms with Crippen LogP contribution in [0, 0.1) is 13.8 Å². The van der Waals surface area contributed by atoms with Gasteiger partial charge in [-0.3, -0.25) is 9.59 Å². The third kappa shape index (κ3) is 5.30. The van der Waals surface area contributed by atoms with Gasteiger partial charge in [-0.15, -0.1) is 0 Å². The molecule has 0 unspecified atom stereocenters. The highest BCUT2D eigenvalue weighted by molar-refractivity contribution is 6.15. The van der Waals surface area contributed by atoms with Crippen molar-refractivity contribution in [2.24, 2.45) is 0 Å². The van der Waals surface area contributed by atoms with Crippen molar-refractivity contribution in [1.82, 2.24) is 10.3 Å². The van der Waals surface area contributed by atoms with Gasteiger partial charge in [-0.1, -0.05) is 35.4 Å². The number of hydrogen-bond donors (Lipinski definition) is 3. The van der Waals surface area contributed by atoms with Crippen molar-refractivity contribution in [1.29, 1.82) is 0 Å². The minimum atomic E-state index is -0.293. The van der Waals surface area contributed by atoms with Gasteiger partial charge < -0.3 is 25.1 Å².